The molecule has 2 heterocycles. The smallest absolute Gasteiger partial charge is 0.270 e. The first kappa shape index (κ1) is 22.8. The Labute approximate surface area is 188 Å². The van der Waals surface area contributed by atoms with Crippen molar-refractivity contribution >= 4 is 6.08 Å². The van der Waals surface area contributed by atoms with E-state index in [4.69, 9.17) is 18.9 Å². The number of aromatic hydroxyl groups is 4. The monoisotopic (exact) mass is 465 g/mol. The van der Waals surface area contributed by atoms with Crippen LogP contribution in [0.15, 0.2) is 30.0 Å². The van der Waals surface area contributed by atoms with Gasteiger partial charge in [0.05, 0.1) is 32.5 Å². The predicted molar refractivity (Wildman–Crippen MR) is 112 cm³/mol. The van der Waals surface area contributed by atoms with Crippen molar-refractivity contribution in [1.29, 1.82) is 0 Å². The molecule has 1 fully saturated rings. The Kier molecular flexibility index (Phi) is 6.13. The maximum Gasteiger partial charge on any atom is 0.270 e. The second kappa shape index (κ2) is 8.87. The van der Waals surface area contributed by atoms with Crippen LogP contribution in [-0.4, -0.2) is 80.8 Å². The quantitative estimate of drug-likeness (QED) is 0.332. The Balaban J connectivity index is 1.78. The lowest BCUT2D eigenvalue weighted by molar-refractivity contribution is -0.165. The van der Waals surface area contributed by atoms with Crippen molar-refractivity contribution in [2.24, 2.45) is 0 Å². The number of hydrogen-bond donors (Lipinski definition) is 6. The van der Waals surface area contributed by atoms with E-state index in [0.29, 0.717) is 5.56 Å². The molecule has 2 aromatic carbocycles. The summed E-state index contributed by atoms with van der Waals surface area (Å²) in [5, 5.41) is 60.2. The van der Waals surface area contributed by atoms with E-state index in [-0.39, 0.29) is 45.8 Å². The minimum atomic E-state index is -1.46. The molecule has 2 aliphatic heterocycles. The molecule has 0 bridgehead atoms. The highest BCUT2D eigenvalue weighted by molar-refractivity contribution is 5.69. The lowest BCUT2D eigenvalue weighted by Crippen LogP contribution is -2.35. The maximum atomic E-state index is 10.3. The zero-order valence-corrected chi connectivity index (χ0v) is 17.7. The highest BCUT2D eigenvalue weighted by Crippen LogP contribution is 2.48. The lowest BCUT2D eigenvalue weighted by Gasteiger charge is -2.28. The van der Waals surface area contributed by atoms with E-state index in [1.165, 1.54) is 38.5 Å². The van der Waals surface area contributed by atoms with Gasteiger partial charge in [-0.1, -0.05) is 0 Å². The molecule has 0 amide bonds. The van der Waals surface area contributed by atoms with Gasteiger partial charge >= 0.3 is 0 Å². The fraction of sp³-hybridized carbons (Fsp3) is 0.364. The van der Waals surface area contributed by atoms with Crippen molar-refractivity contribution in [1.82, 2.24) is 0 Å². The molecule has 2 aromatic rings. The number of aliphatic hydroxyl groups is 4. The molecule has 5 atom stereocenters. The fourth-order valence-electron chi connectivity index (χ4n) is 3.79. The van der Waals surface area contributed by atoms with Gasteiger partial charge in [-0.15, -0.1) is 0 Å². The molecule has 1 saturated heterocycles. The van der Waals surface area contributed by atoms with Crippen molar-refractivity contribution in [3.63, 3.8) is 0 Å². The molecule has 1 unspecified atom stereocenters. The van der Waals surface area contributed by atoms with Crippen LogP contribution in [0.3, 0.4) is 0 Å². The normalized spacial score (nSPS) is 26.2. The number of fused-ring (bicyclic) bond motifs is 1. The molecule has 0 spiro atoms. The molecule has 2 aliphatic rings. The Bertz CT molecular complexity index is 1040. The highest BCUT2D eigenvalue weighted by atomic mass is 16.7. The molecule has 4 rings (SSSR count). The molecule has 11 heteroatoms. The predicted octanol–water partition coefficient (Wildman–Crippen LogP) is 0.613. The van der Waals surface area contributed by atoms with Crippen molar-refractivity contribution in [3.05, 3.63) is 41.2 Å². The van der Waals surface area contributed by atoms with E-state index in [1.807, 2.05) is 0 Å². The highest BCUT2D eigenvalue weighted by Gasteiger charge is 2.46. The molecule has 11 nitrogen and oxygen atoms in total. The van der Waals surface area contributed by atoms with Crippen LogP contribution >= 0.6 is 0 Å². The van der Waals surface area contributed by atoms with E-state index >= 15 is 0 Å². The Hall–Kier alpha value is -3.38. The second-order valence-electron chi connectivity index (χ2n) is 7.57. The van der Waals surface area contributed by atoms with E-state index in [1.54, 1.807) is 0 Å². The third-order valence-corrected chi connectivity index (χ3v) is 5.51. The van der Waals surface area contributed by atoms with Gasteiger partial charge in [0.1, 0.15) is 35.4 Å². The van der Waals surface area contributed by atoms with Crippen molar-refractivity contribution < 1.29 is 54.3 Å². The van der Waals surface area contributed by atoms with E-state index < -0.39 is 37.3 Å². The first-order valence-corrected chi connectivity index (χ1v) is 9.99. The number of phenols is 3. The zero-order valence-electron chi connectivity index (χ0n) is 17.7. The van der Waals surface area contributed by atoms with Crippen LogP contribution in [0.1, 0.15) is 17.2 Å². The van der Waals surface area contributed by atoms with Crippen LogP contribution < -0.4 is 9.47 Å². The van der Waals surface area contributed by atoms with Crippen LogP contribution in [0.4, 0.5) is 0 Å². The van der Waals surface area contributed by atoms with Crippen LogP contribution in [-0.2, 0) is 9.47 Å². The molecule has 0 radical (unpaired) electrons. The summed E-state index contributed by atoms with van der Waals surface area (Å²) >= 11 is 0. The van der Waals surface area contributed by atoms with Crippen molar-refractivity contribution in [2.75, 3.05) is 20.8 Å². The summed E-state index contributed by atoms with van der Waals surface area (Å²) in [6.07, 6.45) is -4.64. The van der Waals surface area contributed by atoms with E-state index in [0.717, 1.165) is 6.07 Å². The summed E-state index contributed by atoms with van der Waals surface area (Å²) < 4.78 is 26.3. The number of ether oxygens (including phenoxy) is 5. The fourth-order valence-corrected chi connectivity index (χ4v) is 3.79. The average molecular weight is 465 g/mol. The van der Waals surface area contributed by atoms with Gasteiger partial charge in [0, 0.05) is 12.1 Å². The SMILES string of the molecule is COc1cc(C2[OH+]c3cc(O)cc(O)c3C=C2O[C@H]2O[C@H](CO)[C@@H](O)[C@@H]2O)cc(OC)c1O. The van der Waals surface area contributed by atoms with Gasteiger partial charge in [0.25, 0.3) is 11.9 Å². The standard InChI is InChI=1S/C22H24O11/c1-29-14-3-9(4-15(30-2)18(14)26)21-16(32-22-20(28)19(27)17(8-23)33-22)7-11-12(25)5-10(24)6-13(11)31-21/h3-7,17,19-28H,8H2,1-2H3/p+1/t17-,19-,20+,21?,22+/m1/s1. The topological polar surface area (TPSA) is 171 Å². The van der Waals surface area contributed by atoms with Gasteiger partial charge in [0.15, 0.2) is 17.3 Å². The summed E-state index contributed by atoms with van der Waals surface area (Å²) in [6, 6.07) is 5.51. The lowest BCUT2D eigenvalue weighted by atomic mass is 10.0. The van der Waals surface area contributed by atoms with Gasteiger partial charge in [0.2, 0.25) is 12.0 Å². The molecule has 7 N–H and O–H groups in total. The summed E-state index contributed by atoms with van der Waals surface area (Å²) in [5.74, 6) is -0.0748. The number of rotatable bonds is 6. The molecule has 0 aromatic heterocycles. The summed E-state index contributed by atoms with van der Waals surface area (Å²) in [7, 11) is 2.74. The number of aliphatic hydroxyl groups excluding tert-OH is 3. The molecule has 0 saturated carbocycles. The van der Waals surface area contributed by atoms with Crippen LogP contribution in [0.25, 0.3) is 6.08 Å². The third kappa shape index (κ3) is 4.07. The number of methoxy groups -OCH3 is 2. The van der Waals surface area contributed by atoms with E-state index in [2.05, 4.69) is 4.74 Å². The molecule has 0 aliphatic carbocycles. The molecule has 178 valence electrons. The molecular formula is C22H25O11+. The molecular weight excluding hydrogens is 440 g/mol. The first-order chi connectivity index (χ1) is 15.8. The minimum Gasteiger partial charge on any atom is -0.571 e. The maximum absolute atomic E-state index is 10.3. The number of benzene rings is 2. The van der Waals surface area contributed by atoms with Crippen molar-refractivity contribution in [2.45, 2.75) is 30.7 Å². The minimum absolute atomic E-state index is 0.108. The largest absolute Gasteiger partial charge is 0.571 e. The number of phenolic OH excluding ortho intramolecular Hbond substituents is 3. The van der Waals surface area contributed by atoms with Crippen LogP contribution in [0, 0.1) is 0 Å². The second-order valence-corrected chi connectivity index (χ2v) is 7.57. The summed E-state index contributed by atoms with van der Waals surface area (Å²) in [6.45, 7) is -0.528. The number of hydrogen-bond acceptors (Lipinski definition) is 10. The molecule has 33 heavy (non-hydrogen) atoms. The van der Waals surface area contributed by atoms with E-state index in [9.17, 15) is 30.6 Å². The summed E-state index contributed by atoms with van der Waals surface area (Å²) in [5.41, 5.74) is 0.705. The first-order valence-electron chi connectivity index (χ1n) is 9.99. The van der Waals surface area contributed by atoms with Crippen LogP contribution in [0.2, 0.25) is 0 Å². The average Bonchev–Trinajstić information content (AvgIpc) is 3.07. The Morgan fingerprint density at radius 2 is 1.64 bits per heavy atom. The Morgan fingerprint density at radius 1 is 0.970 bits per heavy atom. The van der Waals surface area contributed by atoms with Gasteiger partial charge in [-0.3, -0.25) is 0 Å². The summed E-state index contributed by atoms with van der Waals surface area (Å²) in [4.78, 5) is 0. The van der Waals surface area contributed by atoms with Gasteiger partial charge in [-0.25, -0.2) is 0 Å². The third-order valence-electron chi connectivity index (χ3n) is 5.51. The Morgan fingerprint density at radius 3 is 2.21 bits per heavy atom. The zero-order chi connectivity index (χ0) is 23.9. The van der Waals surface area contributed by atoms with Gasteiger partial charge < -0.3 is 54.3 Å². The van der Waals surface area contributed by atoms with Gasteiger partial charge in [-0.2, -0.15) is 0 Å². The van der Waals surface area contributed by atoms with Crippen molar-refractivity contribution in [3.8, 4) is 34.5 Å². The van der Waals surface area contributed by atoms with Gasteiger partial charge in [-0.05, 0) is 12.1 Å². The van der Waals surface area contributed by atoms with Crippen LogP contribution in [0.5, 0.6) is 34.5 Å².